The lowest BCUT2D eigenvalue weighted by atomic mass is 9.87. The number of hydrogen-bond acceptors (Lipinski definition) is 4. The monoisotopic (exact) mass is 466 g/mol. The van der Waals surface area contributed by atoms with Crippen molar-refractivity contribution >= 4 is 18.0 Å². The number of alkyl carbamates (subject to hydrolysis) is 1. The predicted molar refractivity (Wildman–Crippen MR) is 131 cm³/mol. The zero-order valence-corrected chi connectivity index (χ0v) is 20.3. The van der Waals surface area contributed by atoms with Crippen molar-refractivity contribution in [1.29, 1.82) is 0 Å². The molecule has 0 fully saturated rings. The van der Waals surface area contributed by atoms with Crippen molar-refractivity contribution in [3.63, 3.8) is 0 Å². The highest BCUT2D eigenvalue weighted by molar-refractivity contribution is 5.89. The molecule has 0 spiro atoms. The van der Waals surface area contributed by atoms with Gasteiger partial charge in [-0.1, -0.05) is 82.6 Å². The number of carbonyl (C=O) groups excluding carboxylic acids is 2. The first-order valence-corrected chi connectivity index (χ1v) is 11.8. The Hall–Kier alpha value is -3.35. The van der Waals surface area contributed by atoms with E-state index in [2.05, 4.69) is 22.8 Å². The first kappa shape index (κ1) is 25.3. The van der Waals surface area contributed by atoms with Crippen molar-refractivity contribution in [1.82, 2.24) is 10.6 Å². The zero-order valence-electron chi connectivity index (χ0n) is 20.3. The number of benzene rings is 2. The average molecular weight is 467 g/mol. The van der Waals surface area contributed by atoms with Gasteiger partial charge >= 0.3 is 12.1 Å². The fourth-order valence-electron chi connectivity index (χ4n) is 4.42. The lowest BCUT2D eigenvalue weighted by Crippen LogP contribution is -2.52. The number of aliphatic carboxylic acids is 1. The molecule has 2 amide bonds. The normalized spacial score (nSPS) is 14.5. The number of ether oxygens (including phenoxy) is 1. The van der Waals surface area contributed by atoms with Gasteiger partial charge in [0.2, 0.25) is 5.91 Å². The lowest BCUT2D eigenvalue weighted by molar-refractivity contribution is -0.142. The van der Waals surface area contributed by atoms with Crippen LogP contribution in [0.15, 0.2) is 48.5 Å². The van der Waals surface area contributed by atoms with Gasteiger partial charge in [0.05, 0.1) is 0 Å². The number of hydrogen-bond donors (Lipinski definition) is 3. The van der Waals surface area contributed by atoms with Gasteiger partial charge in [0.1, 0.15) is 18.7 Å². The molecule has 34 heavy (non-hydrogen) atoms. The fraction of sp³-hybridized carbons (Fsp3) is 0.444. The number of fused-ring (bicyclic) bond motifs is 3. The molecule has 0 heterocycles. The van der Waals surface area contributed by atoms with Crippen LogP contribution in [0, 0.1) is 5.41 Å². The summed E-state index contributed by atoms with van der Waals surface area (Å²) in [6.45, 7) is 7.84. The Balaban J connectivity index is 1.69. The number of nitrogens with one attached hydrogen (secondary N) is 2. The summed E-state index contributed by atoms with van der Waals surface area (Å²) in [5, 5.41) is 14.6. The largest absolute Gasteiger partial charge is 0.480 e. The summed E-state index contributed by atoms with van der Waals surface area (Å²) in [6.07, 6.45) is 0.560. The van der Waals surface area contributed by atoms with Crippen LogP contribution in [0.5, 0.6) is 0 Å². The summed E-state index contributed by atoms with van der Waals surface area (Å²) in [7, 11) is 0. The Morgan fingerprint density at radius 2 is 1.50 bits per heavy atom. The molecule has 2 aromatic rings. The first-order valence-electron chi connectivity index (χ1n) is 11.8. The van der Waals surface area contributed by atoms with Crippen molar-refractivity contribution in [2.24, 2.45) is 5.41 Å². The van der Waals surface area contributed by atoms with Gasteiger partial charge in [-0.15, -0.1) is 0 Å². The Morgan fingerprint density at radius 3 is 2.00 bits per heavy atom. The minimum absolute atomic E-state index is 0.0889. The molecule has 1 unspecified atom stereocenters. The van der Waals surface area contributed by atoms with Crippen LogP contribution in [0.1, 0.15) is 64.0 Å². The maximum Gasteiger partial charge on any atom is 0.407 e. The molecule has 0 radical (unpaired) electrons. The van der Waals surface area contributed by atoms with Crippen molar-refractivity contribution < 1.29 is 24.2 Å². The number of rotatable bonds is 9. The van der Waals surface area contributed by atoms with E-state index in [1.54, 1.807) is 0 Å². The van der Waals surface area contributed by atoms with Gasteiger partial charge in [-0.2, -0.15) is 0 Å². The van der Waals surface area contributed by atoms with E-state index in [9.17, 15) is 19.5 Å². The average Bonchev–Trinajstić information content (AvgIpc) is 3.09. The molecule has 2 atom stereocenters. The van der Waals surface area contributed by atoms with E-state index in [1.165, 1.54) is 0 Å². The lowest BCUT2D eigenvalue weighted by Gasteiger charge is -2.27. The van der Waals surface area contributed by atoms with E-state index in [4.69, 9.17) is 4.74 Å². The number of carboxylic acid groups (broad SMARTS) is 1. The zero-order chi connectivity index (χ0) is 24.9. The second kappa shape index (κ2) is 10.7. The summed E-state index contributed by atoms with van der Waals surface area (Å²) >= 11 is 0. The highest BCUT2D eigenvalue weighted by Gasteiger charge is 2.32. The fourth-order valence-corrected chi connectivity index (χ4v) is 4.42. The van der Waals surface area contributed by atoms with Crippen molar-refractivity contribution in [3.8, 4) is 11.1 Å². The molecule has 182 valence electrons. The van der Waals surface area contributed by atoms with Crippen molar-refractivity contribution in [2.75, 3.05) is 6.61 Å². The first-order chi connectivity index (χ1) is 16.1. The quantitative estimate of drug-likeness (QED) is 0.497. The van der Waals surface area contributed by atoms with Crippen LogP contribution < -0.4 is 10.6 Å². The van der Waals surface area contributed by atoms with Crippen LogP contribution in [0.4, 0.5) is 4.79 Å². The van der Waals surface area contributed by atoms with Crippen molar-refractivity contribution in [2.45, 2.75) is 65.0 Å². The minimum Gasteiger partial charge on any atom is -0.480 e. The third kappa shape index (κ3) is 6.16. The summed E-state index contributed by atoms with van der Waals surface area (Å²) in [4.78, 5) is 37.1. The molecule has 3 N–H and O–H groups in total. The van der Waals surface area contributed by atoms with Gasteiger partial charge in [0.15, 0.2) is 0 Å². The molecule has 1 aliphatic carbocycles. The summed E-state index contributed by atoms with van der Waals surface area (Å²) < 4.78 is 5.59. The molecule has 0 saturated heterocycles. The molecule has 0 aromatic heterocycles. The second-order valence-electron chi connectivity index (χ2n) is 9.98. The Bertz CT molecular complexity index is 998. The minimum atomic E-state index is -1.09. The summed E-state index contributed by atoms with van der Waals surface area (Å²) in [5.41, 5.74) is 4.19. The third-order valence-corrected chi connectivity index (χ3v) is 5.96. The van der Waals surface area contributed by atoms with Gasteiger partial charge in [-0.3, -0.25) is 4.79 Å². The molecule has 0 aliphatic heterocycles. The smallest absolute Gasteiger partial charge is 0.407 e. The Labute approximate surface area is 200 Å². The van der Waals surface area contributed by atoms with Gasteiger partial charge in [0.25, 0.3) is 0 Å². The standard InChI is InChI=1S/C27H34N2O5/c1-5-10-22(25(31)32)28-24(30)23(15-27(2,3)4)29-26(33)34-16-21-19-13-8-6-11-17(19)18-12-7-9-14-20(18)21/h6-9,11-14,21-23H,5,10,15-16H2,1-4H3,(H,28,30)(H,29,33)(H,31,32)/t22-,23?/m1/s1. The van der Waals surface area contributed by atoms with Gasteiger partial charge in [-0.05, 0) is 40.5 Å². The van der Waals surface area contributed by atoms with E-state index in [0.29, 0.717) is 19.3 Å². The highest BCUT2D eigenvalue weighted by Crippen LogP contribution is 2.44. The van der Waals surface area contributed by atoms with Crippen LogP contribution in [0.3, 0.4) is 0 Å². The van der Waals surface area contributed by atoms with Gasteiger partial charge in [-0.25, -0.2) is 9.59 Å². The van der Waals surface area contributed by atoms with Crippen LogP contribution in [0.2, 0.25) is 0 Å². The van der Waals surface area contributed by atoms with Crippen LogP contribution in [-0.4, -0.2) is 41.8 Å². The maximum atomic E-state index is 12.9. The topological polar surface area (TPSA) is 105 Å². The second-order valence-corrected chi connectivity index (χ2v) is 9.98. The van der Waals surface area contributed by atoms with Crippen molar-refractivity contribution in [3.05, 3.63) is 59.7 Å². The molecule has 0 bridgehead atoms. The molecule has 3 rings (SSSR count). The Kier molecular flexibility index (Phi) is 7.97. The summed E-state index contributed by atoms with van der Waals surface area (Å²) in [5.74, 6) is -1.70. The third-order valence-electron chi connectivity index (χ3n) is 5.96. The van der Waals surface area contributed by atoms with Gasteiger partial charge in [0, 0.05) is 5.92 Å². The maximum absolute atomic E-state index is 12.9. The van der Waals surface area contributed by atoms with E-state index < -0.39 is 30.1 Å². The molecule has 7 heteroatoms. The molecule has 1 aliphatic rings. The molecule has 0 saturated carbocycles. The summed E-state index contributed by atoms with van der Waals surface area (Å²) in [6, 6.07) is 14.2. The van der Waals surface area contributed by atoms with Crippen LogP contribution in [0.25, 0.3) is 11.1 Å². The van der Waals surface area contributed by atoms with E-state index in [0.717, 1.165) is 22.3 Å². The van der Waals surface area contributed by atoms with E-state index in [-0.39, 0.29) is 17.9 Å². The number of carbonyl (C=O) groups is 3. The van der Waals surface area contributed by atoms with Gasteiger partial charge < -0.3 is 20.5 Å². The highest BCUT2D eigenvalue weighted by atomic mass is 16.5. The van der Waals surface area contributed by atoms with E-state index in [1.807, 2.05) is 64.1 Å². The van der Waals surface area contributed by atoms with Crippen LogP contribution in [-0.2, 0) is 14.3 Å². The number of carboxylic acids is 1. The Morgan fingerprint density at radius 1 is 0.941 bits per heavy atom. The predicted octanol–water partition coefficient (Wildman–Crippen LogP) is 4.70. The SMILES string of the molecule is CCC[C@@H](NC(=O)C(CC(C)(C)C)NC(=O)OCC1c2ccccc2-c2ccccc21)C(=O)O. The molecular formula is C27H34N2O5. The van der Waals surface area contributed by atoms with E-state index >= 15 is 0 Å². The van der Waals surface area contributed by atoms with Crippen LogP contribution >= 0.6 is 0 Å². The molecule has 7 nitrogen and oxygen atoms in total. The molecular weight excluding hydrogens is 432 g/mol. The molecule has 2 aromatic carbocycles. The number of amides is 2.